The number of hydrogen-bond donors (Lipinski definition) is 1. The summed E-state index contributed by atoms with van der Waals surface area (Å²) in [6.07, 6.45) is -3.67. The molecule has 0 unspecified atom stereocenters. The fourth-order valence-electron chi connectivity index (χ4n) is 1.82. The molecule has 0 fully saturated rings. The van der Waals surface area contributed by atoms with Crippen molar-refractivity contribution in [2.75, 3.05) is 20.2 Å². The van der Waals surface area contributed by atoms with Crippen LogP contribution in [-0.2, 0) is 6.18 Å². The molecule has 1 amide bonds. The smallest absolute Gasteiger partial charge is 0.424 e. The molecule has 1 N–H and O–H groups in total. The summed E-state index contributed by atoms with van der Waals surface area (Å²) in [6, 6.07) is 6.13. The molecule has 0 aliphatic carbocycles. The van der Waals surface area contributed by atoms with Gasteiger partial charge < -0.3 is 14.7 Å². The molecule has 9 heteroatoms. The molecule has 2 rings (SSSR count). The average Bonchev–Trinajstić information content (AvgIpc) is 2.54. The van der Waals surface area contributed by atoms with Crippen LogP contribution in [0, 0.1) is 0 Å². The largest absolute Gasteiger partial charge is 0.433 e. The number of amides is 1. The highest BCUT2D eigenvalue weighted by atomic mass is 19.4. The van der Waals surface area contributed by atoms with Crippen LogP contribution in [0.15, 0.2) is 36.5 Å². The summed E-state index contributed by atoms with van der Waals surface area (Å²) in [5.41, 5.74) is -0.863. The first-order valence-electron chi connectivity index (χ1n) is 6.85. The molecule has 0 spiro atoms. The first-order valence-corrected chi connectivity index (χ1v) is 6.85. The summed E-state index contributed by atoms with van der Waals surface area (Å²) < 4.78 is 43.1. The van der Waals surface area contributed by atoms with Crippen LogP contribution >= 0.6 is 0 Å². The van der Waals surface area contributed by atoms with E-state index in [1.165, 1.54) is 36.2 Å². The summed E-state index contributed by atoms with van der Waals surface area (Å²) in [5, 5.41) is 8.85. The Hall–Kier alpha value is -2.68. The third kappa shape index (κ3) is 4.42. The van der Waals surface area contributed by atoms with E-state index in [1.54, 1.807) is 0 Å². The molecule has 128 valence electrons. The second-order valence-corrected chi connectivity index (χ2v) is 4.80. The summed E-state index contributed by atoms with van der Waals surface area (Å²) in [6.45, 7) is -0.0306. The van der Waals surface area contributed by atoms with Gasteiger partial charge in [-0.1, -0.05) is 6.07 Å². The van der Waals surface area contributed by atoms with Gasteiger partial charge >= 0.3 is 12.2 Å². The van der Waals surface area contributed by atoms with E-state index in [0.29, 0.717) is 0 Å². The fraction of sp³-hybridized carbons (Fsp3) is 0.267. The van der Waals surface area contributed by atoms with Gasteiger partial charge in [-0.15, -0.1) is 0 Å². The minimum absolute atomic E-state index is 0.123. The third-order valence-electron chi connectivity index (χ3n) is 3.00. The number of aliphatic hydroxyl groups is 1. The molecule has 1 heterocycles. The van der Waals surface area contributed by atoms with E-state index >= 15 is 0 Å². The SMILES string of the molecule is CN(CCO)C(=O)c1cccc(Oc2nccc(C(F)(F)F)n2)c1. The molecular formula is C15H14F3N3O3. The lowest BCUT2D eigenvalue weighted by molar-refractivity contribution is -0.141. The highest BCUT2D eigenvalue weighted by Gasteiger charge is 2.33. The Balaban J connectivity index is 2.20. The molecular weight excluding hydrogens is 327 g/mol. The van der Waals surface area contributed by atoms with Gasteiger partial charge in [0.1, 0.15) is 5.75 Å². The van der Waals surface area contributed by atoms with Crippen LogP contribution < -0.4 is 4.74 Å². The van der Waals surface area contributed by atoms with Crippen molar-refractivity contribution < 1.29 is 27.8 Å². The van der Waals surface area contributed by atoms with Gasteiger partial charge in [-0.3, -0.25) is 4.79 Å². The van der Waals surface area contributed by atoms with Crippen molar-refractivity contribution in [3.63, 3.8) is 0 Å². The number of aromatic nitrogens is 2. The van der Waals surface area contributed by atoms with Gasteiger partial charge in [-0.2, -0.15) is 18.2 Å². The highest BCUT2D eigenvalue weighted by Crippen LogP contribution is 2.29. The number of hydrogen-bond acceptors (Lipinski definition) is 5. The Morgan fingerprint density at radius 3 is 2.75 bits per heavy atom. The maximum absolute atomic E-state index is 12.6. The molecule has 0 aliphatic heterocycles. The second kappa shape index (κ2) is 7.26. The summed E-state index contributed by atoms with van der Waals surface area (Å²) in [7, 11) is 1.52. The number of benzene rings is 1. The first kappa shape index (κ1) is 17.7. The van der Waals surface area contributed by atoms with Gasteiger partial charge in [0.05, 0.1) is 6.61 Å². The van der Waals surface area contributed by atoms with Gasteiger partial charge in [0.15, 0.2) is 5.69 Å². The van der Waals surface area contributed by atoms with Crippen molar-refractivity contribution in [3.8, 4) is 11.8 Å². The van der Waals surface area contributed by atoms with Crippen LogP contribution in [0.5, 0.6) is 11.8 Å². The summed E-state index contributed by atoms with van der Waals surface area (Å²) in [5.74, 6) is -0.239. The van der Waals surface area contributed by atoms with Crippen molar-refractivity contribution >= 4 is 5.91 Å². The number of likely N-dealkylation sites (N-methyl/N-ethyl adjacent to an activating group) is 1. The highest BCUT2D eigenvalue weighted by molar-refractivity contribution is 5.94. The molecule has 0 atom stereocenters. The summed E-state index contributed by atoms with van der Waals surface area (Å²) in [4.78, 5) is 20.3. The molecule has 0 saturated carbocycles. The van der Waals surface area contributed by atoms with Crippen molar-refractivity contribution in [2.45, 2.75) is 6.18 Å². The molecule has 0 bridgehead atoms. The Labute approximate surface area is 135 Å². The zero-order chi connectivity index (χ0) is 17.7. The predicted octanol–water partition coefficient (Wildman–Crippen LogP) is 2.35. The minimum Gasteiger partial charge on any atom is -0.424 e. The first-order chi connectivity index (χ1) is 11.3. The van der Waals surface area contributed by atoms with Crippen LogP contribution in [-0.4, -0.2) is 46.1 Å². The number of ether oxygens (including phenoxy) is 1. The molecule has 24 heavy (non-hydrogen) atoms. The van der Waals surface area contributed by atoms with Crippen LogP contribution in [0.3, 0.4) is 0 Å². The Bertz CT molecular complexity index is 722. The van der Waals surface area contributed by atoms with Crippen LogP contribution in [0.1, 0.15) is 16.1 Å². The van der Waals surface area contributed by atoms with Crippen molar-refractivity contribution in [1.29, 1.82) is 0 Å². The van der Waals surface area contributed by atoms with E-state index in [2.05, 4.69) is 9.97 Å². The van der Waals surface area contributed by atoms with Crippen molar-refractivity contribution in [1.82, 2.24) is 14.9 Å². The second-order valence-electron chi connectivity index (χ2n) is 4.80. The lowest BCUT2D eigenvalue weighted by atomic mass is 10.2. The molecule has 0 saturated heterocycles. The standard InChI is InChI=1S/C15H14F3N3O3/c1-21(7-8-22)13(23)10-3-2-4-11(9-10)24-14-19-6-5-12(20-14)15(16,17)18/h2-6,9,22H,7-8H2,1H3. The van der Waals surface area contributed by atoms with Gasteiger partial charge in [-0.25, -0.2) is 4.98 Å². The Morgan fingerprint density at radius 2 is 2.08 bits per heavy atom. The zero-order valence-electron chi connectivity index (χ0n) is 12.6. The van der Waals surface area contributed by atoms with E-state index in [-0.39, 0.29) is 30.4 Å². The number of halogens is 3. The Morgan fingerprint density at radius 1 is 1.33 bits per heavy atom. The van der Waals surface area contributed by atoms with E-state index < -0.39 is 17.9 Å². The maximum Gasteiger partial charge on any atom is 0.433 e. The molecule has 0 aliphatic rings. The molecule has 6 nitrogen and oxygen atoms in total. The predicted molar refractivity (Wildman–Crippen MR) is 77.6 cm³/mol. The van der Waals surface area contributed by atoms with Gasteiger partial charge in [0, 0.05) is 25.4 Å². The fourth-order valence-corrected chi connectivity index (χ4v) is 1.82. The lowest BCUT2D eigenvalue weighted by Gasteiger charge is -2.16. The lowest BCUT2D eigenvalue weighted by Crippen LogP contribution is -2.29. The van der Waals surface area contributed by atoms with Gasteiger partial charge in [0.2, 0.25) is 0 Å². The molecule has 1 aromatic carbocycles. The molecule has 1 aromatic heterocycles. The van der Waals surface area contributed by atoms with Crippen LogP contribution in [0.4, 0.5) is 13.2 Å². The van der Waals surface area contributed by atoms with Gasteiger partial charge in [-0.05, 0) is 24.3 Å². The van der Waals surface area contributed by atoms with Crippen molar-refractivity contribution in [3.05, 3.63) is 47.8 Å². The number of carbonyl (C=O) groups excluding carboxylic acids is 1. The maximum atomic E-state index is 12.6. The van der Waals surface area contributed by atoms with Crippen LogP contribution in [0.2, 0.25) is 0 Å². The monoisotopic (exact) mass is 341 g/mol. The van der Waals surface area contributed by atoms with E-state index in [1.807, 2.05) is 0 Å². The van der Waals surface area contributed by atoms with Gasteiger partial charge in [0.25, 0.3) is 5.91 Å². The molecule has 0 radical (unpaired) electrons. The van der Waals surface area contributed by atoms with Crippen LogP contribution in [0.25, 0.3) is 0 Å². The van der Waals surface area contributed by atoms with Crippen molar-refractivity contribution in [2.24, 2.45) is 0 Å². The molecule has 2 aromatic rings. The summed E-state index contributed by atoms with van der Waals surface area (Å²) >= 11 is 0. The minimum atomic E-state index is -4.61. The quantitative estimate of drug-likeness (QED) is 0.903. The number of rotatable bonds is 5. The Kier molecular flexibility index (Phi) is 5.35. The normalized spacial score (nSPS) is 11.2. The number of carbonyl (C=O) groups is 1. The topological polar surface area (TPSA) is 75.5 Å². The zero-order valence-corrected chi connectivity index (χ0v) is 12.6. The number of alkyl halides is 3. The van der Waals surface area contributed by atoms with E-state index in [4.69, 9.17) is 9.84 Å². The average molecular weight is 341 g/mol. The third-order valence-corrected chi connectivity index (χ3v) is 3.00. The van der Waals surface area contributed by atoms with E-state index in [0.717, 1.165) is 12.3 Å². The number of nitrogens with zero attached hydrogens (tertiary/aromatic N) is 3. The van der Waals surface area contributed by atoms with E-state index in [9.17, 15) is 18.0 Å². The number of aliphatic hydroxyl groups excluding tert-OH is 1.